The number of rotatable bonds is 2. The van der Waals surface area contributed by atoms with Crippen LogP contribution in [0.25, 0.3) is 0 Å². The molecule has 0 saturated carbocycles. The lowest BCUT2D eigenvalue weighted by Gasteiger charge is -2.09. The summed E-state index contributed by atoms with van der Waals surface area (Å²) >= 11 is 0. The quantitative estimate of drug-likeness (QED) is 0.710. The van der Waals surface area contributed by atoms with Gasteiger partial charge in [0.2, 0.25) is 0 Å². The van der Waals surface area contributed by atoms with Crippen LogP contribution in [-0.2, 0) is 0 Å². The molecule has 0 aromatic heterocycles. The van der Waals surface area contributed by atoms with Crippen molar-refractivity contribution in [2.24, 2.45) is 0 Å². The monoisotopic (exact) mass is 243 g/mol. The fourth-order valence-corrected chi connectivity index (χ4v) is 1.64. The third-order valence-electron chi connectivity index (χ3n) is 2.70. The molecule has 0 fully saturated rings. The minimum Gasteiger partial charge on any atom is -0.508 e. The van der Waals surface area contributed by atoms with E-state index in [-0.39, 0.29) is 17.4 Å². The molecule has 4 nitrogen and oxygen atoms in total. The number of nitrogens with one attached hydrogen (secondary N) is 1. The summed E-state index contributed by atoms with van der Waals surface area (Å²) < 4.78 is 0. The first-order valence-electron chi connectivity index (χ1n) is 5.47. The number of amides is 1. The van der Waals surface area contributed by atoms with Gasteiger partial charge in [-0.05, 0) is 31.2 Å². The molecular weight excluding hydrogens is 230 g/mol. The fourth-order valence-electron chi connectivity index (χ4n) is 1.64. The molecule has 0 saturated heterocycles. The smallest absolute Gasteiger partial charge is 0.256 e. The van der Waals surface area contributed by atoms with Gasteiger partial charge in [-0.15, -0.1) is 0 Å². The molecule has 4 heteroatoms. The van der Waals surface area contributed by atoms with Crippen LogP contribution in [0.4, 0.5) is 5.69 Å². The van der Waals surface area contributed by atoms with Gasteiger partial charge in [0, 0.05) is 11.1 Å². The number of carbonyl (C=O) groups excluding carboxylic acids is 1. The molecule has 2 aromatic carbocycles. The summed E-state index contributed by atoms with van der Waals surface area (Å²) in [5.74, 6) is -0.298. The molecule has 0 spiro atoms. The van der Waals surface area contributed by atoms with Gasteiger partial charge in [0.1, 0.15) is 11.5 Å². The standard InChI is InChI=1S/C14H13NO3/c1-9-10(5-4-8-12(9)16)14(18)15-11-6-2-3-7-13(11)17/h2-8,16-17H,1H3,(H,15,18). The van der Waals surface area contributed by atoms with Crippen LogP contribution in [0.5, 0.6) is 11.5 Å². The van der Waals surface area contributed by atoms with E-state index in [0.717, 1.165) is 0 Å². The third-order valence-corrected chi connectivity index (χ3v) is 2.70. The third kappa shape index (κ3) is 2.27. The summed E-state index contributed by atoms with van der Waals surface area (Å²) in [6, 6.07) is 11.2. The van der Waals surface area contributed by atoms with Crippen LogP contribution >= 0.6 is 0 Å². The van der Waals surface area contributed by atoms with E-state index in [9.17, 15) is 15.0 Å². The highest BCUT2D eigenvalue weighted by molar-refractivity contribution is 6.06. The molecule has 0 unspecified atom stereocenters. The van der Waals surface area contributed by atoms with Crippen molar-refractivity contribution in [1.29, 1.82) is 0 Å². The molecule has 18 heavy (non-hydrogen) atoms. The van der Waals surface area contributed by atoms with E-state index in [0.29, 0.717) is 16.8 Å². The first-order chi connectivity index (χ1) is 8.59. The van der Waals surface area contributed by atoms with Crippen molar-refractivity contribution in [1.82, 2.24) is 0 Å². The van der Waals surface area contributed by atoms with Crippen LogP contribution in [0.3, 0.4) is 0 Å². The van der Waals surface area contributed by atoms with Gasteiger partial charge in [-0.3, -0.25) is 4.79 Å². The van der Waals surface area contributed by atoms with Crippen molar-refractivity contribution >= 4 is 11.6 Å². The van der Waals surface area contributed by atoms with E-state index in [1.807, 2.05) is 0 Å². The van der Waals surface area contributed by atoms with Gasteiger partial charge in [0.15, 0.2) is 0 Å². The number of anilines is 1. The Kier molecular flexibility index (Phi) is 3.19. The van der Waals surface area contributed by atoms with Crippen LogP contribution in [0.2, 0.25) is 0 Å². The summed E-state index contributed by atoms with van der Waals surface area (Å²) in [6.45, 7) is 1.66. The van der Waals surface area contributed by atoms with Crippen molar-refractivity contribution in [3.05, 3.63) is 53.6 Å². The van der Waals surface area contributed by atoms with Crippen LogP contribution in [-0.4, -0.2) is 16.1 Å². The Hall–Kier alpha value is -2.49. The molecule has 0 heterocycles. The number of benzene rings is 2. The molecule has 0 aliphatic rings. The maximum atomic E-state index is 12.0. The topological polar surface area (TPSA) is 69.6 Å². The van der Waals surface area contributed by atoms with Crippen LogP contribution < -0.4 is 5.32 Å². The maximum Gasteiger partial charge on any atom is 0.256 e. The van der Waals surface area contributed by atoms with Gasteiger partial charge >= 0.3 is 0 Å². The van der Waals surface area contributed by atoms with Crippen LogP contribution in [0, 0.1) is 6.92 Å². The van der Waals surface area contributed by atoms with Crippen LogP contribution in [0.15, 0.2) is 42.5 Å². The minimum atomic E-state index is -0.370. The summed E-state index contributed by atoms with van der Waals surface area (Å²) in [5.41, 5.74) is 1.22. The second-order valence-electron chi connectivity index (χ2n) is 3.92. The van der Waals surface area contributed by atoms with Gasteiger partial charge in [0.05, 0.1) is 5.69 Å². The van der Waals surface area contributed by atoms with Crippen molar-refractivity contribution in [3.63, 3.8) is 0 Å². The lowest BCUT2D eigenvalue weighted by atomic mass is 10.1. The Balaban J connectivity index is 2.28. The van der Waals surface area contributed by atoms with Gasteiger partial charge < -0.3 is 15.5 Å². The highest BCUT2D eigenvalue weighted by Crippen LogP contribution is 2.24. The van der Waals surface area contributed by atoms with Crippen molar-refractivity contribution < 1.29 is 15.0 Å². The molecular formula is C14H13NO3. The Bertz CT molecular complexity index is 593. The van der Waals surface area contributed by atoms with E-state index in [2.05, 4.69) is 5.32 Å². The molecule has 92 valence electrons. The van der Waals surface area contributed by atoms with Crippen molar-refractivity contribution in [2.45, 2.75) is 6.92 Å². The Morgan fingerprint density at radius 1 is 1.00 bits per heavy atom. The number of phenols is 2. The highest BCUT2D eigenvalue weighted by Gasteiger charge is 2.12. The molecule has 1 amide bonds. The average molecular weight is 243 g/mol. The lowest BCUT2D eigenvalue weighted by Crippen LogP contribution is -2.13. The van der Waals surface area contributed by atoms with E-state index < -0.39 is 0 Å². The number of phenolic OH excluding ortho intramolecular Hbond substituents is 2. The Morgan fingerprint density at radius 2 is 1.67 bits per heavy atom. The fraction of sp³-hybridized carbons (Fsp3) is 0.0714. The zero-order valence-electron chi connectivity index (χ0n) is 9.84. The van der Waals surface area contributed by atoms with Gasteiger partial charge in [-0.25, -0.2) is 0 Å². The predicted octanol–water partition coefficient (Wildman–Crippen LogP) is 2.66. The van der Waals surface area contributed by atoms with E-state index in [1.54, 1.807) is 37.3 Å². The van der Waals surface area contributed by atoms with Gasteiger partial charge in [-0.1, -0.05) is 18.2 Å². The number of hydrogen-bond acceptors (Lipinski definition) is 3. The van der Waals surface area contributed by atoms with Crippen molar-refractivity contribution in [2.75, 3.05) is 5.32 Å². The second-order valence-corrected chi connectivity index (χ2v) is 3.92. The zero-order valence-corrected chi connectivity index (χ0v) is 9.84. The largest absolute Gasteiger partial charge is 0.508 e. The van der Waals surface area contributed by atoms with E-state index in [1.165, 1.54) is 12.1 Å². The van der Waals surface area contributed by atoms with E-state index in [4.69, 9.17) is 0 Å². The Morgan fingerprint density at radius 3 is 2.39 bits per heavy atom. The predicted molar refractivity (Wildman–Crippen MR) is 68.9 cm³/mol. The first-order valence-corrected chi connectivity index (χ1v) is 5.47. The normalized spacial score (nSPS) is 10.1. The number of carbonyl (C=O) groups is 1. The molecule has 2 aromatic rings. The SMILES string of the molecule is Cc1c(O)cccc1C(=O)Nc1ccccc1O. The first kappa shape index (κ1) is 12.0. The van der Waals surface area contributed by atoms with Crippen molar-refractivity contribution in [3.8, 4) is 11.5 Å². The number of hydrogen-bond donors (Lipinski definition) is 3. The van der Waals surface area contributed by atoms with Gasteiger partial charge in [0.25, 0.3) is 5.91 Å². The molecule has 0 aliphatic carbocycles. The van der Waals surface area contributed by atoms with Gasteiger partial charge in [-0.2, -0.15) is 0 Å². The molecule has 0 bridgehead atoms. The number of para-hydroxylation sites is 2. The molecule has 0 atom stereocenters. The highest BCUT2D eigenvalue weighted by atomic mass is 16.3. The molecule has 0 aliphatic heterocycles. The second kappa shape index (κ2) is 4.79. The lowest BCUT2D eigenvalue weighted by molar-refractivity contribution is 0.102. The number of aromatic hydroxyl groups is 2. The zero-order chi connectivity index (χ0) is 13.1. The van der Waals surface area contributed by atoms with E-state index >= 15 is 0 Å². The van der Waals surface area contributed by atoms with Crippen LogP contribution in [0.1, 0.15) is 15.9 Å². The molecule has 0 radical (unpaired) electrons. The average Bonchev–Trinajstić information content (AvgIpc) is 2.35. The summed E-state index contributed by atoms with van der Waals surface area (Å²) in [5, 5.41) is 21.7. The minimum absolute atomic E-state index is 0.00339. The molecule has 2 rings (SSSR count). The Labute approximate surface area is 105 Å². The summed E-state index contributed by atoms with van der Waals surface area (Å²) in [7, 11) is 0. The summed E-state index contributed by atoms with van der Waals surface area (Å²) in [4.78, 5) is 12.0. The summed E-state index contributed by atoms with van der Waals surface area (Å²) in [6.07, 6.45) is 0. The maximum absolute atomic E-state index is 12.0. The molecule has 3 N–H and O–H groups in total.